The van der Waals surface area contributed by atoms with Crippen molar-refractivity contribution < 1.29 is 9.84 Å². The van der Waals surface area contributed by atoms with Crippen molar-refractivity contribution in [2.75, 3.05) is 6.61 Å². The van der Waals surface area contributed by atoms with Crippen LogP contribution in [0.5, 0.6) is 0 Å². The third kappa shape index (κ3) is 3.55. The van der Waals surface area contributed by atoms with Crippen LogP contribution in [0.4, 0.5) is 0 Å². The van der Waals surface area contributed by atoms with E-state index in [4.69, 9.17) is 4.74 Å². The third-order valence-electron chi connectivity index (χ3n) is 5.77. The Morgan fingerprint density at radius 3 is 2.64 bits per heavy atom. The van der Waals surface area contributed by atoms with Gasteiger partial charge < -0.3 is 9.84 Å². The van der Waals surface area contributed by atoms with Gasteiger partial charge in [0, 0.05) is 0 Å². The third-order valence-corrected chi connectivity index (χ3v) is 5.77. The predicted molar refractivity (Wildman–Crippen MR) is 92.7 cm³/mol. The zero-order valence-electron chi connectivity index (χ0n) is 14.7. The van der Waals surface area contributed by atoms with Crippen LogP contribution in [-0.2, 0) is 4.74 Å². The van der Waals surface area contributed by atoms with Crippen LogP contribution in [0.1, 0.15) is 53.4 Å². The van der Waals surface area contributed by atoms with Crippen molar-refractivity contribution in [1.82, 2.24) is 0 Å². The smallest absolute Gasteiger partial charge is 0.0895 e. The minimum absolute atomic E-state index is 0.0878. The highest BCUT2D eigenvalue weighted by Gasteiger charge is 2.40. The van der Waals surface area contributed by atoms with Crippen molar-refractivity contribution >= 4 is 0 Å². The van der Waals surface area contributed by atoms with E-state index in [2.05, 4.69) is 39.2 Å². The molecular weight excluding hydrogens is 272 g/mol. The summed E-state index contributed by atoms with van der Waals surface area (Å²) in [6.45, 7) is 17.0. The minimum atomic E-state index is -0.768. The Morgan fingerprint density at radius 2 is 2.18 bits per heavy atom. The SMILES string of the molecule is C=C[C@@]1(C)CCC(C2=CCC(C(C)(C)O)OC2)CC1C(=C)C. The Hall–Kier alpha value is -0.860. The summed E-state index contributed by atoms with van der Waals surface area (Å²) in [5.41, 5.74) is 2.08. The fraction of sp³-hybridized carbons (Fsp3) is 0.700. The molecule has 0 aromatic carbocycles. The van der Waals surface area contributed by atoms with E-state index >= 15 is 0 Å². The van der Waals surface area contributed by atoms with E-state index in [9.17, 15) is 5.11 Å². The van der Waals surface area contributed by atoms with Gasteiger partial charge in [-0.15, -0.1) is 6.58 Å². The Labute approximate surface area is 136 Å². The van der Waals surface area contributed by atoms with Crippen molar-refractivity contribution in [3.05, 3.63) is 36.5 Å². The summed E-state index contributed by atoms with van der Waals surface area (Å²) >= 11 is 0. The van der Waals surface area contributed by atoms with Crippen LogP contribution >= 0.6 is 0 Å². The Balaban J connectivity index is 2.08. The molecule has 2 aliphatic rings. The average Bonchev–Trinajstić information content (AvgIpc) is 2.46. The van der Waals surface area contributed by atoms with Gasteiger partial charge in [0.1, 0.15) is 0 Å². The summed E-state index contributed by atoms with van der Waals surface area (Å²) in [4.78, 5) is 0. The molecule has 124 valence electrons. The number of hydrogen-bond acceptors (Lipinski definition) is 2. The maximum Gasteiger partial charge on any atom is 0.0895 e. The molecule has 4 atom stereocenters. The molecule has 0 amide bonds. The van der Waals surface area contributed by atoms with E-state index in [1.165, 1.54) is 17.6 Å². The molecule has 0 spiro atoms. The summed E-state index contributed by atoms with van der Waals surface area (Å²) in [6, 6.07) is 0. The van der Waals surface area contributed by atoms with Crippen molar-refractivity contribution in [3.8, 4) is 0 Å². The van der Waals surface area contributed by atoms with Crippen LogP contribution in [-0.4, -0.2) is 23.4 Å². The Morgan fingerprint density at radius 1 is 1.50 bits per heavy atom. The van der Waals surface area contributed by atoms with Crippen LogP contribution in [0.25, 0.3) is 0 Å². The van der Waals surface area contributed by atoms with Crippen LogP contribution in [0, 0.1) is 17.3 Å². The molecule has 0 aromatic heterocycles. The molecule has 1 aliphatic carbocycles. The first-order valence-corrected chi connectivity index (χ1v) is 8.49. The van der Waals surface area contributed by atoms with Gasteiger partial charge in [-0.1, -0.05) is 31.2 Å². The highest BCUT2D eigenvalue weighted by atomic mass is 16.5. The summed E-state index contributed by atoms with van der Waals surface area (Å²) in [6.07, 6.45) is 8.64. The van der Waals surface area contributed by atoms with Gasteiger partial charge in [-0.25, -0.2) is 0 Å². The van der Waals surface area contributed by atoms with Gasteiger partial charge in [-0.2, -0.15) is 0 Å². The normalized spacial score (nSPS) is 36.6. The molecule has 0 aromatic rings. The molecule has 1 aliphatic heterocycles. The maximum atomic E-state index is 10.1. The predicted octanol–water partition coefficient (Wildman–Crippen LogP) is 4.66. The topological polar surface area (TPSA) is 29.5 Å². The summed E-state index contributed by atoms with van der Waals surface area (Å²) in [7, 11) is 0. The summed E-state index contributed by atoms with van der Waals surface area (Å²) < 4.78 is 5.92. The molecular formula is C20H32O2. The maximum absolute atomic E-state index is 10.1. The molecule has 1 heterocycles. The fourth-order valence-corrected chi connectivity index (χ4v) is 4.04. The van der Waals surface area contributed by atoms with E-state index in [0.717, 1.165) is 19.3 Å². The highest BCUT2D eigenvalue weighted by Crippen LogP contribution is 2.49. The van der Waals surface area contributed by atoms with Crippen LogP contribution in [0.15, 0.2) is 36.5 Å². The zero-order valence-corrected chi connectivity index (χ0v) is 14.7. The lowest BCUT2D eigenvalue weighted by Crippen LogP contribution is -2.41. The first-order valence-electron chi connectivity index (χ1n) is 8.49. The molecule has 2 heteroatoms. The van der Waals surface area contributed by atoms with Gasteiger partial charge in [0.25, 0.3) is 0 Å². The monoisotopic (exact) mass is 304 g/mol. The Kier molecular flexibility index (Phi) is 5.03. The van der Waals surface area contributed by atoms with Crippen LogP contribution in [0.3, 0.4) is 0 Å². The van der Waals surface area contributed by atoms with E-state index in [1.54, 1.807) is 0 Å². The first-order chi connectivity index (χ1) is 10.2. The van der Waals surface area contributed by atoms with Gasteiger partial charge in [0.05, 0.1) is 18.3 Å². The molecule has 1 fully saturated rings. The van der Waals surface area contributed by atoms with Gasteiger partial charge in [-0.3, -0.25) is 0 Å². The molecule has 1 N–H and O–H groups in total. The number of ether oxygens (including phenoxy) is 1. The number of rotatable bonds is 4. The second-order valence-corrected chi connectivity index (χ2v) is 8.05. The van der Waals surface area contributed by atoms with Gasteiger partial charge in [0.15, 0.2) is 0 Å². The van der Waals surface area contributed by atoms with Crippen molar-refractivity contribution in [3.63, 3.8) is 0 Å². The first kappa shape index (κ1) is 17.5. The molecule has 3 unspecified atom stereocenters. The number of hydrogen-bond donors (Lipinski definition) is 1. The summed E-state index contributed by atoms with van der Waals surface area (Å²) in [5.74, 6) is 1.08. The van der Waals surface area contributed by atoms with Crippen LogP contribution in [0.2, 0.25) is 0 Å². The minimum Gasteiger partial charge on any atom is -0.388 e. The Bertz CT molecular complexity index is 469. The average molecular weight is 304 g/mol. The molecule has 2 nitrogen and oxygen atoms in total. The number of aliphatic hydroxyl groups is 1. The van der Waals surface area contributed by atoms with E-state index in [-0.39, 0.29) is 11.5 Å². The molecule has 22 heavy (non-hydrogen) atoms. The quantitative estimate of drug-likeness (QED) is 0.766. The lowest BCUT2D eigenvalue weighted by atomic mass is 9.61. The summed E-state index contributed by atoms with van der Waals surface area (Å²) in [5, 5.41) is 10.1. The lowest BCUT2D eigenvalue weighted by molar-refractivity contribution is -0.0872. The van der Waals surface area contributed by atoms with Gasteiger partial charge >= 0.3 is 0 Å². The molecule has 1 saturated carbocycles. The highest BCUT2D eigenvalue weighted by molar-refractivity contribution is 5.19. The zero-order chi connectivity index (χ0) is 16.5. The lowest BCUT2D eigenvalue weighted by Gasteiger charge is -2.45. The van der Waals surface area contributed by atoms with Gasteiger partial charge in [-0.05, 0) is 69.3 Å². The van der Waals surface area contributed by atoms with E-state index in [0.29, 0.717) is 18.4 Å². The fourth-order valence-electron chi connectivity index (χ4n) is 4.04. The second-order valence-electron chi connectivity index (χ2n) is 8.05. The van der Waals surface area contributed by atoms with Crippen LogP contribution < -0.4 is 0 Å². The van der Waals surface area contributed by atoms with Crippen molar-refractivity contribution in [1.29, 1.82) is 0 Å². The second kappa shape index (κ2) is 6.33. The number of allylic oxidation sites excluding steroid dienone is 2. The van der Waals surface area contributed by atoms with Crippen molar-refractivity contribution in [2.24, 2.45) is 17.3 Å². The molecule has 0 saturated heterocycles. The molecule has 0 bridgehead atoms. The van der Waals surface area contributed by atoms with Crippen molar-refractivity contribution in [2.45, 2.75) is 65.1 Å². The van der Waals surface area contributed by atoms with E-state index in [1.807, 2.05) is 13.8 Å². The largest absolute Gasteiger partial charge is 0.388 e. The van der Waals surface area contributed by atoms with Gasteiger partial charge in [0.2, 0.25) is 0 Å². The molecule has 0 radical (unpaired) electrons. The van der Waals surface area contributed by atoms with E-state index < -0.39 is 5.60 Å². The standard InChI is InChI=1S/C20H32O2/c1-7-20(6)11-10-15(12-17(20)14(2)3)16-8-9-18(22-13-16)19(4,5)21/h7-8,15,17-18,21H,1-2,9-13H2,3-6H3/t15?,17?,18?,20-/m0/s1. The molecule has 2 rings (SSSR count).